The van der Waals surface area contributed by atoms with Gasteiger partial charge in [-0.05, 0) is 0 Å². The summed E-state index contributed by atoms with van der Waals surface area (Å²) in [7, 11) is 1.29. The standard InChI is InChI=1S/C13H26N2O7.ClH/c1-18-13(17)11-22-9-7-20-5-3-15-12(16)10-21-8-6-19-4-2-14;/h2-11,14H2,1H3,(H,15,16);1H. The molecule has 0 atom stereocenters. The number of ether oxygens (including phenoxy) is 5. The van der Waals surface area contributed by atoms with Crippen molar-refractivity contribution < 1.29 is 33.3 Å². The van der Waals surface area contributed by atoms with Gasteiger partial charge in [0, 0.05) is 13.1 Å². The average Bonchev–Trinajstić information content (AvgIpc) is 2.52. The SMILES string of the molecule is COC(=O)COCCOCCNC(=O)COCCOCCN.Cl. The molecule has 0 unspecified atom stereocenters. The molecule has 138 valence electrons. The second kappa shape index (κ2) is 19.1. The van der Waals surface area contributed by atoms with E-state index in [-0.39, 0.29) is 38.1 Å². The zero-order valence-corrected chi connectivity index (χ0v) is 14.2. The van der Waals surface area contributed by atoms with E-state index < -0.39 is 5.97 Å². The predicted molar refractivity (Wildman–Crippen MR) is 84.6 cm³/mol. The lowest BCUT2D eigenvalue weighted by Gasteiger charge is -2.07. The van der Waals surface area contributed by atoms with Crippen LogP contribution in [0.2, 0.25) is 0 Å². The first-order valence-corrected chi connectivity index (χ1v) is 7.05. The minimum Gasteiger partial charge on any atom is -0.467 e. The number of methoxy groups -OCH3 is 1. The Morgan fingerprint density at radius 3 is 2.04 bits per heavy atom. The largest absolute Gasteiger partial charge is 0.467 e. The van der Waals surface area contributed by atoms with Crippen molar-refractivity contribution >= 4 is 24.3 Å². The minimum absolute atomic E-state index is 0. The fourth-order valence-corrected chi connectivity index (χ4v) is 1.22. The molecule has 0 saturated heterocycles. The predicted octanol–water partition coefficient (Wildman–Crippen LogP) is -1.28. The van der Waals surface area contributed by atoms with Crippen molar-refractivity contribution in [3.63, 3.8) is 0 Å². The van der Waals surface area contributed by atoms with Crippen molar-refractivity contribution in [1.29, 1.82) is 0 Å². The van der Waals surface area contributed by atoms with Crippen molar-refractivity contribution in [1.82, 2.24) is 5.32 Å². The first kappa shape index (κ1) is 24.3. The Labute approximate surface area is 142 Å². The summed E-state index contributed by atoms with van der Waals surface area (Å²) in [6.45, 7) is 2.95. The number of halogens is 1. The number of nitrogens with one attached hydrogen (secondary N) is 1. The van der Waals surface area contributed by atoms with E-state index in [2.05, 4.69) is 10.1 Å². The van der Waals surface area contributed by atoms with Gasteiger partial charge in [0.15, 0.2) is 0 Å². The molecule has 0 aliphatic carbocycles. The van der Waals surface area contributed by atoms with E-state index in [1.54, 1.807) is 0 Å². The van der Waals surface area contributed by atoms with Crippen molar-refractivity contribution in [3.05, 3.63) is 0 Å². The van der Waals surface area contributed by atoms with Crippen LogP contribution < -0.4 is 11.1 Å². The molecule has 23 heavy (non-hydrogen) atoms. The molecule has 10 heteroatoms. The molecule has 1 amide bonds. The number of rotatable bonds is 15. The smallest absolute Gasteiger partial charge is 0.331 e. The Kier molecular flexibility index (Phi) is 20.1. The molecule has 0 aromatic heterocycles. The third kappa shape index (κ3) is 19.0. The van der Waals surface area contributed by atoms with Crippen LogP contribution in [-0.4, -0.2) is 84.9 Å². The van der Waals surface area contributed by atoms with Gasteiger partial charge >= 0.3 is 5.97 Å². The van der Waals surface area contributed by atoms with Gasteiger partial charge in [0.05, 0.1) is 46.8 Å². The van der Waals surface area contributed by atoms with Crippen LogP contribution in [-0.2, 0) is 33.3 Å². The molecule has 0 fully saturated rings. The highest BCUT2D eigenvalue weighted by Crippen LogP contribution is 1.82. The van der Waals surface area contributed by atoms with Crippen molar-refractivity contribution in [3.8, 4) is 0 Å². The lowest BCUT2D eigenvalue weighted by Crippen LogP contribution is -2.31. The van der Waals surface area contributed by atoms with Gasteiger partial charge in [-0.15, -0.1) is 12.4 Å². The molecule has 0 heterocycles. The fraction of sp³-hybridized carbons (Fsp3) is 0.846. The highest BCUT2D eigenvalue weighted by molar-refractivity contribution is 5.85. The van der Waals surface area contributed by atoms with Gasteiger partial charge in [-0.1, -0.05) is 0 Å². The monoisotopic (exact) mass is 358 g/mol. The van der Waals surface area contributed by atoms with Gasteiger partial charge in [0.2, 0.25) is 5.91 Å². The van der Waals surface area contributed by atoms with Crippen molar-refractivity contribution in [2.45, 2.75) is 0 Å². The minimum atomic E-state index is -0.430. The van der Waals surface area contributed by atoms with Gasteiger partial charge in [0.1, 0.15) is 13.2 Å². The molecule has 0 aromatic carbocycles. The summed E-state index contributed by atoms with van der Waals surface area (Å²) in [5.41, 5.74) is 5.25. The van der Waals surface area contributed by atoms with Gasteiger partial charge in [-0.3, -0.25) is 4.79 Å². The van der Waals surface area contributed by atoms with Gasteiger partial charge in [0.25, 0.3) is 0 Å². The molecular formula is C13H27ClN2O7. The first-order valence-electron chi connectivity index (χ1n) is 7.05. The van der Waals surface area contributed by atoms with E-state index in [4.69, 9.17) is 24.7 Å². The van der Waals surface area contributed by atoms with Gasteiger partial charge in [-0.25, -0.2) is 4.79 Å². The topological polar surface area (TPSA) is 118 Å². The molecule has 0 aromatic rings. The van der Waals surface area contributed by atoms with E-state index in [1.165, 1.54) is 7.11 Å². The maximum absolute atomic E-state index is 11.3. The quantitative estimate of drug-likeness (QED) is 0.274. The van der Waals surface area contributed by atoms with Crippen LogP contribution in [0.3, 0.4) is 0 Å². The van der Waals surface area contributed by atoms with Crippen LogP contribution in [0.1, 0.15) is 0 Å². The maximum Gasteiger partial charge on any atom is 0.331 e. The molecule has 0 aliphatic heterocycles. The Morgan fingerprint density at radius 1 is 0.870 bits per heavy atom. The van der Waals surface area contributed by atoms with E-state index in [0.29, 0.717) is 46.1 Å². The summed E-state index contributed by atoms with van der Waals surface area (Å²) in [5.74, 6) is -0.648. The third-order valence-electron chi connectivity index (χ3n) is 2.26. The van der Waals surface area contributed by atoms with Gasteiger partial charge in [-0.2, -0.15) is 0 Å². The number of carbonyl (C=O) groups excluding carboxylic acids is 2. The van der Waals surface area contributed by atoms with E-state index in [0.717, 1.165) is 0 Å². The molecule has 0 radical (unpaired) electrons. The molecular weight excluding hydrogens is 332 g/mol. The Hall–Kier alpha value is -0.970. The highest BCUT2D eigenvalue weighted by Gasteiger charge is 2.01. The Bertz CT molecular complexity index is 295. The van der Waals surface area contributed by atoms with E-state index >= 15 is 0 Å². The lowest BCUT2D eigenvalue weighted by atomic mass is 10.6. The van der Waals surface area contributed by atoms with Gasteiger partial charge < -0.3 is 34.7 Å². The number of carbonyl (C=O) groups is 2. The molecule has 3 N–H and O–H groups in total. The van der Waals surface area contributed by atoms with Crippen LogP contribution in [0.15, 0.2) is 0 Å². The molecule has 0 spiro atoms. The van der Waals surface area contributed by atoms with Crippen LogP contribution in [0.5, 0.6) is 0 Å². The summed E-state index contributed by atoms with van der Waals surface area (Å²) in [5, 5.41) is 2.64. The van der Waals surface area contributed by atoms with E-state index in [9.17, 15) is 9.59 Å². The number of amides is 1. The molecule has 0 rings (SSSR count). The maximum atomic E-state index is 11.3. The average molecular weight is 359 g/mol. The van der Waals surface area contributed by atoms with Crippen molar-refractivity contribution in [2.75, 3.05) is 73.1 Å². The Morgan fingerprint density at radius 2 is 1.43 bits per heavy atom. The van der Waals surface area contributed by atoms with Crippen LogP contribution >= 0.6 is 12.4 Å². The molecule has 9 nitrogen and oxygen atoms in total. The number of hydrogen-bond acceptors (Lipinski definition) is 8. The second-order valence-electron chi connectivity index (χ2n) is 4.04. The normalized spacial score (nSPS) is 10.0. The number of nitrogens with two attached hydrogens (primary N) is 1. The van der Waals surface area contributed by atoms with Crippen LogP contribution in [0.25, 0.3) is 0 Å². The first-order chi connectivity index (χ1) is 10.7. The second-order valence-corrected chi connectivity index (χ2v) is 4.04. The Balaban J connectivity index is 0. The summed E-state index contributed by atoms with van der Waals surface area (Å²) in [6.07, 6.45) is 0. The zero-order valence-electron chi connectivity index (χ0n) is 13.4. The summed E-state index contributed by atoms with van der Waals surface area (Å²) in [4.78, 5) is 22.1. The summed E-state index contributed by atoms with van der Waals surface area (Å²) in [6, 6.07) is 0. The number of esters is 1. The summed E-state index contributed by atoms with van der Waals surface area (Å²) < 4.78 is 24.8. The van der Waals surface area contributed by atoms with Crippen molar-refractivity contribution in [2.24, 2.45) is 5.73 Å². The summed E-state index contributed by atoms with van der Waals surface area (Å²) >= 11 is 0. The van der Waals surface area contributed by atoms with E-state index in [1.807, 2.05) is 0 Å². The molecule has 0 aliphatic rings. The highest BCUT2D eigenvalue weighted by atomic mass is 35.5. The van der Waals surface area contributed by atoms with Crippen LogP contribution in [0, 0.1) is 0 Å². The lowest BCUT2D eigenvalue weighted by molar-refractivity contribution is -0.146. The molecule has 0 bridgehead atoms. The third-order valence-corrected chi connectivity index (χ3v) is 2.26. The van der Waals surface area contributed by atoms with Crippen LogP contribution in [0.4, 0.5) is 0 Å². The fourth-order valence-electron chi connectivity index (χ4n) is 1.22. The molecule has 0 saturated carbocycles. The number of hydrogen-bond donors (Lipinski definition) is 2. The zero-order chi connectivity index (χ0) is 16.5.